The quantitative estimate of drug-likeness (QED) is 0.524. The van der Waals surface area contributed by atoms with Crippen molar-refractivity contribution in [2.75, 3.05) is 7.11 Å². The molecule has 7 heteroatoms. The zero-order chi connectivity index (χ0) is 20.5. The van der Waals surface area contributed by atoms with E-state index < -0.39 is 11.7 Å². The molecule has 0 amide bonds. The third-order valence-corrected chi connectivity index (χ3v) is 4.97. The topological polar surface area (TPSA) is 39.9 Å². The number of ether oxygens (including phenoxy) is 1. The fourth-order valence-electron chi connectivity index (χ4n) is 3.31. The molecule has 3 aromatic rings. The summed E-state index contributed by atoms with van der Waals surface area (Å²) in [5.74, 6) is 1.04. The predicted molar refractivity (Wildman–Crippen MR) is 103 cm³/mol. The van der Waals surface area contributed by atoms with Crippen LogP contribution in [-0.2, 0) is 11.6 Å². The fraction of sp³-hybridized carbons (Fsp3) is 0.429. The van der Waals surface area contributed by atoms with E-state index in [4.69, 9.17) is 9.72 Å². The number of unbranched alkanes of at least 4 members (excludes halogenated alkanes) is 1. The van der Waals surface area contributed by atoms with Crippen LogP contribution in [0.3, 0.4) is 0 Å². The molecule has 0 spiro atoms. The molecule has 0 radical (unpaired) electrons. The van der Waals surface area contributed by atoms with E-state index in [1.807, 2.05) is 18.2 Å². The minimum atomic E-state index is -4.44. The zero-order valence-corrected chi connectivity index (χ0v) is 16.5. The number of aromatic nitrogens is 3. The molecule has 4 nitrogen and oxygen atoms in total. The van der Waals surface area contributed by atoms with Crippen molar-refractivity contribution in [3.63, 3.8) is 0 Å². The molecule has 0 atom stereocenters. The summed E-state index contributed by atoms with van der Waals surface area (Å²) in [7, 11) is 1.58. The van der Waals surface area contributed by atoms with Crippen molar-refractivity contribution in [1.82, 2.24) is 14.8 Å². The first-order valence-electron chi connectivity index (χ1n) is 9.27. The average Bonchev–Trinajstić information content (AvgIpc) is 3.15. The minimum Gasteiger partial charge on any atom is -0.497 e. The maximum atomic E-state index is 13.0. The molecule has 0 fully saturated rings. The van der Waals surface area contributed by atoms with Gasteiger partial charge in [0.25, 0.3) is 0 Å². The highest BCUT2D eigenvalue weighted by molar-refractivity contribution is 5.88. The summed E-state index contributed by atoms with van der Waals surface area (Å²) in [4.78, 5) is 4.74. The zero-order valence-electron chi connectivity index (χ0n) is 16.5. The van der Waals surface area contributed by atoms with Gasteiger partial charge in [-0.2, -0.15) is 18.3 Å². The molecule has 0 aliphatic heterocycles. The Morgan fingerprint density at radius 1 is 1.14 bits per heavy atom. The van der Waals surface area contributed by atoms with E-state index in [2.05, 4.69) is 25.9 Å². The van der Waals surface area contributed by atoms with E-state index in [0.717, 1.165) is 48.1 Å². The van der Waals surface area contributed by atoms with Crippen LogP contribution in [0.5, 0.6) is 5.75 Å². The second kappa shape index (κ2) is 7.45. The molecule has 28 heavy (non-hydrogen) atoms. The summed E-state index contributed by atoms with van der Waals surface area (Å²) in [5, 5.41) is 5.71. The van der Waals surface area contributed by atoms with Crippen molar-refractivity contribution in [2.45, 2.75) is 51.6 Å². The van der Waals surface area contributed by atoms with Crippen LogP contribution in [-0.4, -0.2) is 21.9 Å². The van der Waals surface area contributed by atoms with Gasteiger partial charge in [-0.1, -0.05) is 33.6 Å². The van der Waals surface area contributed by atoms with Crippen molar-refractivity contribution < 1.29 is 17.9 Å². The number of benzene rings is 1. The van der Waals surface area contributed by atoms with Gasteiger partial charge in [-0.05, 0) is 36.1 Å². The standard InChI is InChI=1S/C21H24F3N3O/c1-5-6-9-20(2,3)19-17-8-7-16(28-4)10-14(17)11-18(26-19)27-13-15(12-25-27)21(22,23)24/h7-8,10-13H,5-6,9H2,1-4H3. The second-order valence-corrected chi connectivity index (χ2v) is 7.57. The van der Waals surface area contributed by atoms with Crippen molar-refractivity contribution in [1.29, 1.82) is 0 Å². The molecule has 0 saturated heterocycles. The molecule has 0 N–H and O–H groups in total. The number of hydrogen-bond donors (Lipinski definition) is 0. The van der Waals surface area contributed by atoms with Gasteiger partial charge in [-0.3, -0.25) is 0 Å². The van der Waals surface area contributed by atoms with Gasteiger partial charge in [0.15, 0.2) is 5.82 Å². The van der Waals surface area contributed by atoms with E-state index in [-0.39, 0.29) is 5.41 Å². The molecule has 0 aliphatic rings. The third-order valence-electron chi connectivity index (χ3n) is 4.97. The smallest absolute Gasteiger partial charge is 0.419 e. The number of rotatable bonds is 6. The molecular formula is C21H24F3N3O. The highest BCUT2D eigenvalue weighted by Crippen LogP contribution is 2.36. The summed E-state index contributed by atoms with van der Waals surface area (Å²) in [6.45, 7) is 6.36. The summed E-state index contributed by atoms with van der Waals surface area (Å²) in [6, 6.07) is 7.44. The highest BCUT2D eigenvalue weighted by atomic mass is 19.4. The van der Waals surface area contributed by atoms with Crippen molar-refractivity contribution in [2.24, 2.45) is 0 Å². The molecule has 150 valence electrons. The highest BCUT2D eigenvalue weighted by Gasteiger charge is 2.32. The number of methoxy groups -OCH3 is 1. The number of alkyl halides is 3. The van der Waals surface area contributed by atoms with Crippen LogP contribution in [0.25, 0.3) is 16.6 Å². The van der Waals surface area contributed by atoms with Crippen LogP contribution in [0.4, 0.5) is 13.2 Å². The first-order valence-corrected chi connectivity index (χ1v) is 9.27. The Kier molecular flexibility index (Phi) is 5.37. The number of pyridine rings is 1. The number of hydrogen-bond acceptors (Lipinski definition) is 3. The Morgan fingerprint density at radius 3 is 2.50 bits per heavy atom. The molecule has 2 aromatic heterocycles. The first-order chi connectivity index (χ1) is 13.2. The maximum Gasteiger partial charge on any atom is 0.419 e. The summed E-state index contributed by atoms with van der Waals surface area (Å²) < 4.78 is 45.5. The molecule has 3 rings (SSSR count). The Balaban J connectivity index is 2.19. The van der Waals surface area contributed by atoms with Crippen molar-refractivity contribution in [3.8, 4) is 11.6 Å². The van der Waals surface area contributed by atoms with Gasteiger partial charge in [-0.25, -0.2) is 9.67 Å². The van der Waals surface area contributed by atoms with Gasteiger partial charge in [0.2, 0.25) is 0 Å². The Bertz CT molecular complexity index is 977. The number of nitrogens with zero attached hydrogens (tertiary/aromatic N) is 3. The molecule has 0 saturated carbocycles. The monoisotopic (exact) mass is 391 g/mol. The maximum absolute atomic E-state index is 13.0. The summed E-state index contributed by atoms with van der Waals surface area (Å²) in [5.41, 5.74) is -0.189. The molecular weight excluding hydrogens is 367 g/mol. The molecule has 1 aromatic carbocycles. The summed E-state index contributed by atoms with van der Waals surface area (Å²) in [6.07, 6.45) is 0.367. The SMILES string of the molecule is CCCCC(C)(C)c1nc(-n2cc(C(F)(F)F)cn2)cc2cc(OC)ccc12. The Labute approximate surface area is 162 Å². The van der Waals surface area contributed by atoms with Gasteiger partial charge in [0.1, 0.15) is 5.75 Å². The van der Waals surface area contributed by atoms with Crippen LogP contribution in [0, 0.1) is 0 Å². The third kappa shape index (κ3) is 3.98. The first kappa shape index (κ1) is 20.2. The van der Waals surface area contributed by atoms with E-state index in [0.29, 0.717) is 11.6 Å². The molecule has 0 bridgehead atoms. The van der Waals surface area contributed by atoms with E-state index in [1.165, 1.54) is 4.68 Å². The average molecular weight is 391 g/mol. The van der Waals surface area contributed by atoms with E-state index in [9.17, 15) is 13.2 Å². The Hall–Kier alpha value is -2.57. The van der Waals surface area contributed by atoms with Crippen LogP contribution in [0.1, 0.15) is 51.3 Å². The molecule has 0 aliphatic carbocycles. The van der Waals surface area contributed by atoms with Crippen molar-refractivity contribution in [3.05, 3.63) is 47.9 Å². The van der Waals surface area contributed by atoms with Gasteiger partial charge in [0.05, 0.1) is 24.6 Å². The van der Waals surface area contributed by atoms with Gasteiger partial charge < -0.3 is 4.74 Å². The normalized spacial score (nSPS) is 12.5. The fourth-order valence-corrected chi connectivity index (χ4v) is 3.31. The molecule has 2 heterocycles. The van der Waals surface area contributed by atoms with Crippen LogP contribution < -0.4 is 4.74 Å². The lowest BCUT2D eigenvalue weighted by molar-refractivity contribution is -0.137. The number of halogens is 3. The lowest BCUT2D eigenvalue weighted by atomic mass is 9.81. The van der Waals surface area contributed by atoms with Crippen molar-refractivity contribution >= 4 is 10.8 Å². The largest absolute Gasteiger partial charge is 0.497 e. The van der Waals surface area contributed by atoms with Crippen LogP contribution in [0.15, 0.2) is 36.7 Å². The van der Waals surface area contributed by atoms with Gasteiger partial charge in [-0.15, -0.1) is 0 Å². The second-order valence-electron chi connectivity index (χ2n) is 7.57. The van der Waals surface area contributed by atoms with Crippen LogP contribution >= 0.6 is 0 Å². The van der Waals surface area contributed by atoms with E-state index >= 15 is 0 Å². The van der Waals surface area contributed by atoms with Gasteiger partial charge in [0, 0.05) is 17.0 Å². The van der Waals surface area contributed by atoms with Crippen LogP contribution in [0.2, 0.25) is 0 Å². The van der Waals surface area contributed by atoms with Gasteiger partial charge >= 0.3 is 6.18 Å². The molecule has 0 unspecified atom stereocenters. The van der Waals surface area contributed by atoms with E-state index in [1.54, 1.807) is 13.2 Å². The summed E-state index contributed by atoms with van der Waals surface area (Å²) >= 11 is 0. The minimum absolute atomic E-state index is 0.237. The lowest BCUT2D eigenvalue weighted by Gasteiger charge is -2.26. The number of fused-ring (bicyclic) bond motifs is 1. The lowest BCUT2D eigenvalue weighted by Crippen LogP contribution is -2.20. The predicted octanol–water partition coefficient (Wildman–Crippen LogP) is 5.92. The Morgan fingerprint density at radius 2 is 1.89 bits per heavy atom.